The van der Waals surface area contributed by atoms with Crippen LogP contribution in [0.3, 0.4) is 0 Å². The topological polar surface area (TPSA) is 80.3 Å². The average Bonchev–Trinajstić information content (AvgIpc) is 3.15. The molecule has 24 heavy (non-hydrogen) atoms. The van der Waals surface area contributed by atoms with Crippen LogP contribution in [-0.4, -0.2) is 62.8 Å². The zero-order valence-electron chi connectivity index (χ0n) is 14.6. The van der Waals surface area contributed by atoms with Crippen LogP contribution in [0.4, 0.5) is 0 Å². The van der Waals surface area contributed by atoms with Crippen LogP contribution in [0.25, 0.3) is 0 Å². The molecule has 0 unspecified atom stereocenters. The lowest BCUT2D eigenvalue weighted by atomic mass is 9.87. The van der Waals surface area contributed by atoms with Gasteiger partial charge < -0.3 is 9.47 Å². The van der Waals surface area contributed by atoms with E-state index in [9.17, 15) is 4.79 Å². The summed E-state index contributed by atoms with van der Waals surface area (Å²) in [6, 6.07) is 0.248. The largest absolute Gasteiger partial charge is 0.340 e. The normalized spacial score (nSPS) is 21.8. The number of hydrogen-bond acceptors (Lipinski definition) is 6. The van der Waals surface area contributed by atoms with Crippen LogP contribution in [0.15, 0.2) is 17.2 Å². The second-order valence-corrected chi connectivity index (χ2v) is 6.64. The number of carbonyl (C=O) groups is 1. The lowest BCUT2D eigenvalue weighted by Gasteiger charge is -2.40. The fourth-order valence-corrected chi connectivity index (χ4v) is 3.61. The van der Waals surface area contributed by atoms with Crippen LogP contribution < -0.4 is 0 Å². The molecule has 3 rings (SSSR count). The first-order chi connectivity index (χ1) is 11.5. The molecule has 0 aromatic carbocycles. The first kappa shape index (κ1) is 16.6. The average molecular weight is 332 g/mol. The Morgan fingerprint density at radius 3 is 2.83 bits per heavy atom. The minimum Gasteiger partial charge on any atom is -0.340 e. The van der Waals surface area contributed by atoms with Crippen LogP contribution in [0.5, 0.6) is 0 Å². The van der Waals surface area contributed by atoms with Crippen molar-refractivity contribution >= 4 is 5.91 Å². The van der Waals surface area contributed by atoms with E-state index in [1.807, 2.05) is 26.6 Å². The molecule has 0 bridgehead atoms. The molecule has 0 aliphatic carbocycles. The summed E-state index contributed by atoms with van der Waals surface area (Å²) < 4.78 is 6.71. The van der Waals surface area contributed by atoms with E-state index in [1.165, 1.54) is 5.69 Å². The van der Waals surface area contributed by atoms with Gasteiger partial charge in [-0.15, -0.1) is 0 Å². The zero-order chi connectivity index (χ0) is 17.3. The number of hydrogen-bond donors (Lipinski definition) is 0. The van der Waals surface area contributed by atoms with Crippen LogP contribution in [0, 0.1) is 12.8 Å². The Labute approximate surface area is 141 Å². The molecule has 0 saturated carbocycles. The molecule has 2 aromatic rings. The Hall–Kier alpha value is -2.22. The summed E-state index contributed by atoms with van der Waals surface area (Å²) >= 11 is 0. The highest BCUT2D eigenvalue weighted by Gasteiger charge is 2.34. The number of piperidine rings is 1. The van der Waals surface area contributed by atoms with Gasteiger partial charge in [0.15, 0.2) is 5.69 Å². The van der Waals surface area contributed by atoms with Gasteiger partial charge in [0, 0.05) is 26.8 Å². The lowest BCUT2D eigenvalue weighted by Crippen LogP contribution is -2.43. The summed E-state index contributed by atoms with van der Waals surface area (Å²) in [5.41, 5.74) is 2.00. The Kier molecular flexibility index (Phi) is 4.66. The van der Waals surface area contributed by atoms with E-state index in [0.29, 0.717) is 23.9 Å². The van der Waals surface area contributed by atoms with Gasteiger partial charge in [-0.25, -0.2) is 9.61 Å². The van der Waals surface area contributed by atoms with Crippen molar-refractivity contribution in [3.05, 3.63) is 29.6 Å². The number of likely N-dealkylation sites (tertiary alicyclic amines) is 1. The van der Waals surface area contributed by atoms with Gasteiger partial charge >= 0.3 is 0 Å². The van der Waals surface area contributed by atoms with Gasteiger partial charge in [0.1, 0.15) is 5.69 Å². The standard InChI is InChI=1S/C16H24N6O2/c1-11-14(19-24-18-11)16(23)21(3)9-12-6-5-7-20(2)15(12)13-8-17-10-22(13)4/h8,10,12,15H,5-7,9H2,1-4H3/t12-,15+/m0/s1. The number of amides is 1. The summed E-state index contributed by atoms with van der Waals surface area (Å²) in [5.74, 6) is 0.194. The highest BCUT2D eigenvalue weighted by Crippen LogP contribution is 2.35. The number of rotatable bonds is 4. The number of imidazole rings is 1. The van der Waals surface area contributed by atoms with Crippen molar-refractivity contribution in [1.29, 1.82) is 0 Å². The maximum atomic E-state index is 12.6. The summed E-state index contributed by atoms with van der Waals surface area (Å²) in [4.78, 5) is 20.9. The van der Waals surface area contributed by atoms with Gasteiger partial charge in [-0.1, -0.05) is 5.16 Å². The molecule has 1 amide bonds. The molecule has 1 fully saturated rings. The highest BCUT2D eigenvalue weighted by molar-refractivity contribution is 5.92. The van der Waals surface area contributed by atoms with Gasteiger partial charge in [0.2, 0.25) is 0 Å². The predicted octanol–water partition coefficient (Wildman–Crippen LogP) is 1.27. The number of aryl methyl sites for hydroxylation is 2. The summed E-state index contributed by atoms with van der Waals surface area (Å²) in [7, 11) is 5.96. The Bertz CT molecular complexity index is 709. The monoisotopic (exact) mass is 332 g/mol. The Morgan fingerprint density at radius 2 is 2.21 bits per heavy atom. The first-order valence-corrected chi connectivity index (χ1v) is 8.20. The van der Waals surface area contributed by atoms with Gasteiger partial charge in [-0.3, -0.25) is 9.69 Å². The lowest BCUT2D eigenvalue weighted by molar-refractivity contribution is 0.0623. The van der Waals surface area contributed by atoms with Crippen molar-refractivity contribution in [2.24, 2.45) is 13.0 Å². The third-order valence-corrected chi connectivity index (χ3v) is 4.87. The Morgan fingerprint density at radius 1 is 1.42 bits per heavy atom. The molecule has 1 aliphatic rings. The molecule has 2 atom stereocenters. The second-order valence-electron chi connectivity index (χ2n) is 6.64. The minimum atomic E-state index is -0.147. The number of nitrogens with zero attached hydrogens (tertiary/aromatic N) is 6. The van der Waals surface area contributed by atoms with Gasteiger partial charge in [-0.05, 0) is 44.4 Å². The van der Waals surface area contributed by atoms with Crippen molar-refractivity contribution in [2.45, 2.75) is 25.8 Å². The van der Waals surface area contributed by atoms with Crippen molar-refractivity contribution < 1.29 is 9.42 Å². The van der Waals surface area contributed by atoms with E-state index in [-0.39, 0.29) is 11.9 Å². The van der Waals surface area contributed by atoms with E-state index in [1.54, 1.807) is 11.8 Å². The summed E-state index contributed by atoms with van der Waals surface area (Å²) in [6.45, 7) is 3.44. The molecule has 1 saturated heterocycles. The second kappa shape index (κ2) is 6.72. The fourth-order valence-electron chi connectivity index (χ4n) is 3.61. The fraction of sp³-hybridized carbons (Fsp3) is 0.625. The molecular formula is C16H24N6O2. The molecule has 2 aromatic heterocycles. The molecule has 0 radical (unpaired) electrons. The molecule has 0 spiro atoms. The van der Waals surface area contributed by atoms with Crippen molar-refractivity contribution in [2.75, 3.05) is 27.2 Å². The minimum absolute atomic E-state index is 0.147. The maximum Gasteiger partial charge on any atom is 0.277 e. The van der Waals surface area contributed by atoms with E-state index >= 15 is 0 Å². The molecule has 8 nitrogen and oxygen atoms in total. The number of carbonyl (C=O) groups excluding carboxylic acids is 1. The maximum absolute atomic E-state index is 12.6. The third-order valence-electron chi connectivity index (χ3n) is 4.87. The van der Waals surface area contributed by atoms with E-state index < -0.39 is 0 Å². The first-order valence-electron chi connectivity index (χ1n) is 8.20. The van der Waals surface area contributed by atoms with Crippen molar-refractivity contribution in [3.8, 4) is 0 Å². The van der Waals surface area contributed by atoms with Crippen molar-refractivity contribution in [1.82, 2.24) is 29.7 Å². The summed E-state index contributed by atoms with van der Waals surface area (Å²) in [5, 5.41) is 7.42. The van der Waals surface area contributed by atoms with Crippen LogP contribution in [0.1, 0.15) is 40.8 Å². The molecule has 0 N–H and O–H groups in total. The third kappa shape index (κ3) is 3.06. The van der Waals surface area contributed by atoms with Gasteiger partial charge in [0.05, 0.1) is 18.1 Å². The van der Waals surface area contributed by atoms with Crippen LogP contribution in [-0.2, 0) is 7.05 Å². The van der Waals surface area contributed by atoms with Crippen LogP contribution >= 0.6 is 0 Å². The van der Waals surface area contributed by atoms with Gasteiger partial charge in [0.25, 0.3) is 5.91 Å². The van der Waals surface area contributed by atoms with Crippen molar-refractivity contribution in [3.63, 3.8) is 0 Å². The molecule has 8 heteroatoms. The smallest absolute Gasteiger partial charge is 0.277 e. The SMILES string of the molecule is Cc1nonc1C(=O)N(C)C[C@@H]1CCCN(C)[C@H]1c1cncn1C. The van der Waals surface area contributed by atoms with E-state index in [0.717, 1.165) is 19.4 Å². The zero-order valence-corrected chi connectivity index (χ0v) is 14.6. The predicted molar refractivity (Wildman–Crippen MR) is 87.3 cm³/mol. The van der Waals surface area contributed by atoms with E-state index in [2.05, 4.69) is 36.4 Å². The van der Waals surface area contributed by atoms with E-state index in [4.69, 9.17) is 0 Å². The quantitative estimate of drug-likeness (QED) is 0.839. The summed E-state index contributed by atoms with van der Waals surface area (Å²) in [6.07, 6.45) is 5.96. The van der Waals surface area contributed by atoms with Crippen LogP contribution in [0.2, 0.25) is 0 Å². The molecular weight excluding hydrogens is 308 g/mol. The number of aromatic nitrogens is 4. The highest BCUT2D eigenvalue weighted by atomic mass is 16.6. The molecule has 3 heterocycles. The Balaban J connectivity index is 1.78. The molecule has 130 valence electrons. The molecule has 1 aliphatic heterocycles. The van der Waals surface area contributed by atoms with Gasteiger partial charge in [-0.2, -0.15) is 0 Å².